The predicted octanol–water partition coefficient (Wildman–Crippen LogP) is 1.88. The normalized spacial score (nSPS) is 21.8. The van der Waals surface area contributed by atoms with Gasteiger partial charge in [-0.25, -0.2) is 8.42 Å². The number of piperidine rings is 1. The minimum absolute atomic E-state index is 0.0209. The van der Waals surface area contributed by atoms with Crippen LogP contribution in [-0.4, -0.2) is 69.0 Å². The summed E-state index contributed by atoms with van der Waals surface area (Å²) in [7, 11) is -2.93. The molecular weight excluding hydrogens is 336 g/mol. The number of sulfone groups is 1. The number of guanidine groups is 1. The third-order valence-electron chi connectivity index (χ3n) is 4.79. The van der Waals surface area contributed by atoms with Gasteiger partial charge in [0.1, 0.15) is 9.84 Å². The highest BCUT2D eigenvalue weighted by molar-refractivity contribution is 7.90. The van der Waals surface area contributed by atoms with E-state index in [4.69, 9.17) is 4.99 Å². The molecule has 1 aliphatic rings. The van der Waals surface area contributed by atoms with Gasteiger partial charge in [0.2, 0.25) is 0 Å². The van der Waals surface area contributed by atoms with Crippen LogP contribution in [0.25, 0.3) is 0 Å². The molecule has 6 nitrogen and oxygen atoms in total. The van der Waals surface area contributed by atoms with Crippen molar-refractivity contribution in [1.29, 1.82) is 0 Å². The van der Waals surface area contributed by atoms with Gasteiger partial charge < -0.3 is 10.6 Å². The molecule has 1 heterocycles. The van der Waals surface area contributed by atoms with E-state index < -0.39 is 9.84 Å². The second-order valence-electron chi connectivity index (χ2n) is 8.16. The van der Waals surface area contributed by atoms with Crippen molar-refractivity contribution in [2.75, 3.05) is 38.2 Å². The van der Waals surface area contributed by atoms with Crippen LogP contribution < -0.4 is 10.6 Å². The summed E-state index contributed by atoms with van der Waals surface area (Å²) in [5.74, 6) is 1.71. The van der Waals surface area contributed by atoms with Crippen LogP contribution in [-0.2, 0) is 9.84 Å². The van der Waals surface area contributed by atoms with Crippen molar-refractivity contribution in [1.82, 2.24) is 15.5 Å². The smallest absolute Gasteiger partial charge is 0.191 e. The highest BCUT2D eigenvalue weighted by Crippen LogP contribution is 2.24. The molecule has 148 valence electrons. The number of nitrogens with one attached hydrogen (secondary N) is 2. The van der Waals surface area contributed by atoms with Crippen molar-refractivity contribution in [3.05, 3.63) is 0 Å². The van der Waals surface area contributed by atoms with Crippen molar-refractivity contribution < 1.29 is 8.42 Å². The molecule has 0 spiro atoms. The lowest BCUT2D eigenvalue weighted by Crippen LogP contribution is -2.51. The third kappa shape index (κ3) is 8.90. The van der Waals surface area contributed by atoms with Gasteiger partial charge in [0, 0.05) is 30.9 Å². The maximum absolute atomic E-state index is 11.3. The molecule has 2 atom stereocenters. The van der Waals surface area contributed by atoms with Crippen LogP contribution >= 0.6 is 0 Å². The third-order valence-corrected chi connectivity index (χ3v) is 5.76. The van der Waals surface area contributed by atoms with Gasteiger partial charge in [-0.15, -0.1) is 0 Å². The van der Waals surface area contributed by atoms with E-state index in [9.17, 15) is 8.42 Å². The topological polar surface area (TPSA) is 73.8 Å². The van der Waals surface area contributed by atoms with E-state index in [-0.39, 0.29) is 17.3 Å². The molecule has 1 rings (SSSR count). The van der Waals surface area contributed by atoms with Gasteiger partial charge in [0.05, 0.1) is 12.3 Å². The van der Waals surface area contributed by atoms with Gasteiger partial charge >= 0.3 is 0 Å². The largest absolute Gasteiger partial charge is 0.357 e. The zero-order valence-corrected chi connectivity index (χ0v) is 17.7. The first-order valence-electron chi connectivity index (χ1n) is 9.51. The Labute approximate surface area is 154 Å². The van der Waals surface area contributed by atoms with Crippen LogP contribution in [0.3, 0.4) is 0 Å². The summed E-state index contributed by atoms with van der Waals surface area (Å²) in [6.45, 7) is 14.6. The molecule has 25 heavy (non-hydrogen) atoms. The number of hydrogen-bond acceptors (Lipinski definition) is 4. The SMILES string of the molecule is CCNC(=NCC(C)(C)N1CCCC(C)C1)NC(C)CCS(C)(=O)=O. The molecular formula is C18H38N4O2S. The fourth-order valence-corrected chi connectivity index (χ4v) is 3.91. The van der Waals surface area contributed by atoms with E-state index in [1.54, 1.807) is 0 Å². The summed E-state index contributed by atoms with van der Waals surface area (Å²) in [6.07, 6.45) is 4.43. The molecule has 1 fully saturated rings. The van der Waals surface area contributed by atoms with Gasteiger partial charge in [-0.05, 0) is 59.4 Å². The number of hydrogen-bond donors (Lipinski definition) is 2. The summed E-state index contributed by atoms with van der Waals surface area (Å²) in [4.78, 5) is 7.32. The zero-order chi connectivity index (χ0) is 19.1. The second kappa shape index (κ2) is 9.76. The van der Waals surface area contributed by atoms with E-state index >= 15 is 0 Å². The molecule has 0 aromatic rings. The zero-order valence-electron chi connectivity index (χ0n) is 16.9. The van der Waals surface area contributed by atoms with Gasteiger partial charge in [0.25, 0.3) is 0 Å². The monoisotopic (exact) mass is 374 g/mol. The molecule has 2 unspecified atom stereocenters. The quantitative estimate of drug-likeness (QED) is 0.501. The van der Waals surface area contributed by atoms with Crippen molar-refractivity contribution in [3.63, 3.8) is 0 Å². The lowest BCUT2D eigenvalue weighted by Gasteiger charge is -2.42. The molecule has 0 aromatic carbocycles. The Morgan fingerprint density at radius 2 is 2.08 bits per heavy atom. The van der Waals surface area contributed by atoms with Gasteiger partial charge in [-0.1, -0.05) is 6.92 Å². The first-order valence-corrected chi connectivity index (χ1v) is 11.6. The van der Waals surface area contributed by atoms with Crippen molar-refractivity contribution in [2.45, 2.75) is 65.5 Å². The average molecular weight is 375 g/mol. The summed E-state index contributed by atoms with van der Waals surface area (Å²) >= 11 is 0. The van der Waals surface area contributed by atoms with Crippen molar-refractivity contribution in [2.24, 2.45) is 10.9 Å². The Bertz CT molecular complexity index is 531. The van der Waals surface area contributed by atoms with Crippen molar-refractivity contribution >= 4 is 15.8 Å². The molecule has 0 radical (unpaired) electrons. The number of rotatable bonds is 8. The summed E-state index contributed by atoms with van der Waals surface area (Å²) in [5, 5.41) is 6.60. The summed E-state index contributed by atoms with van der Waals surface area (Å²) in [6, 6.07) is 0.0608. The summed E-state index contributed by atoms with van der Waals surface area (Å²) < 4.78 is 22.7. The lowest BCUT2D eigenvalue weighted by atomic mass is 9.94. The molecule has 7 heteroatoms. The molecule has 0 aliphatic carbocycles. The first kappa shape index (κ1) is 22.2. The minimum atomic E-state index is -2.93. The van der Waals surface area contributed by atoms with E-state index in [1.165, 1.54) is 19.1 Å². The van der Waals surface area contributed by atoms with Gasteiger partial charge in [-0.2, -0.15) is 0 Å². The van der Waals surface area contributed by atoms with E-state index in [0.29, 0.717) is 13.0 Å². The fourth-order valence-electron chi connectivity index (χ4n) is 3.13. The Hall–Kier alpha value is -0.820. The number of aliphatic imine (C=N–C) groups is 1. The predicted molar refractivity (Wildman–Crippen MR) is 107 cm³/mol. The highest BCUT2D eigenvalue weighted by atomic mass is 32.2. The van der Waals surface area contributed by atoms with Crippen LogP contribution in [0, 0.1) is 5.92 Å². The van der Waals surface area contributed by atoms with Gasteiger partial charge in [0.15, 0.2) is 5.96 Å². The molecule has 1 aliphatic heterocycles. The van der Waals surface area contributed by atoms with Crippen LogP contribution in [0.5, 0.6) is 0 Å². The Morgan fingerprint density at radius 3 is 2.64 bits per heavy atom. The van der Waals surface area contributed by atoms with Crippen LogP contribution in [0.4, 0.5) is 0 Å². The number of likely N-dealkylation sites (tertiary alicyclic amines) is 1. The molecule has 0 saturated carbocycles. The maximum atomic E-state index is 11.3. The second-order valence-corrected chi connectivity index (χ2v) is 10.4. The summed E-state index contributed by atoms with van der Waals surface area (Å²) in [5.41, 5.74) is 0.0209. The van der Waals surface area contributed by atoms with E-state index in [0.717, 1.165) is 31.5 Å². The van der Waals surface area contributed by atoms with Crippen LogP contribution in [0.1, 0.15) is 53.9 Å². The standard InChI is InChI=1S/C18H38N4O2S/c1-7-19-17(21-16(3)10-12-25(6,23)24)20-14-18(4,5)22-11-8-9-15(2)13-22/h15-16H,7-14H2,1-6H3,(H2,19,20,21). The lowest BCUT2D eigenvalue weighted by molar-refractivity contribution is 0.0774. The van der Waals surface area contributed by atoms with Crippen molar-refractivity contribution in [3.8, 4) is 0 Å². The van der Waals surface area contributed by atoms with E-state index in [2.05, 4.69) is 36.3 Å². The molecule has 0 bridgehead atoms. The molecule has 2 N–H and O–H groups in total. The van der Waals surface area contributed by atoms with Gasteiger partial charge in [-0.3, -0.25) is 9.89 Å². The Kier molecular flexibility index (Phi) is 8.68. The van der Waals surface area contributed by atoms with Crippen LogP contribution in [0.15, 0.2) is 4.99 Å². The Balaban J connectivity index is 2.63. The fraction of sp³-hybridized carbons (Fsp3) is 0.944. The number of nitrogens with zero attached hydrogens (tertiary/aromatic N) is 2. The first-order chi connectivity index (χ1) is 11.5. The Morgan fingerprint density at radius 1 is 1.40 bits per heavy atom. The van der Waals surface area contributed by atoms with Crippen LogP contribution in [0.2, 0.25) is 0 Å². The molecule has 0 amide bonds. The average Bonchev–Trinajstić information content (AvgIpc) is 2.50. The molecule has 1 saturated heterocycles. The highest BCUT2D eigenvalue weighted by Gasteiger charge is 2.30. The molecule has 0 aromatic heterocycles. The maximum Gasteiger partial charge on any atom is 0.191 e. The van der Waals surface area contributed by atoms with E-state index in [1.807, 2.05) is 13.8 Å². The minimum Gasteiger partial charge on any atom is -0.357 e.